The van der Waals surface area contributed by atoms with Crippen LogP contribution < -0.4 is 10.2 Å². The first kappa shape index (κ1) is 24.2. The normalized spacial score (nSPS) is 15.4. The topological polar surface area (TPSA) is 61.4 Å². The fourth-order valence-electron chi connectivity index (χ4n) is 3.13. The highest BCUT2D eigenvalue weighted by atomic mass is 19.4. The Hall–Kier alpha value is -3.10. The van der Waals surface area contributed by atoms with Crippen LogP contribution in [0.25, 0.3) is 0 Å². The number of carbonyl (C=O) groups is 1. The molecule has 1 N–H and O–H groups in total. The molecular formula is C22H28F3N5O. The summed E-state index contributed by atoms with van der Waals surface area (Å²) in [6.45, 7) is 7.00. The molecule has 3 rings (SSSR count). The molecule has 1 saturated heterocycles. The fraction of sp³-hybridized carbons (Fsp3) is 0.409. The van der Waals surface area contributed by atoms with Crippen molar-refractivity contribution in [2.75, 3.05) is 37.4 Å². The standard InChI is InChI=1S/C20H22F3N5O.C2H6/c1-13-4-5-15(25-19-24-8-6-18(26-19)20(21,22)23)10-16(13)28-9-7-17(29)14(12-28)11-27(2)3;1-2/h4-6,8,10-11H,7,9,12H2,1-3H3,(H,24,25,26);1-2H3/b14-11-;. The number of aryl methyl sites for hydroxylation is 1. The van der Waals surface area contributed by atoms with Crippen molar-refractivity contribution in [3.63, 3.8) is 0 Å². The molecule has 2 aromatic rings. The zero-order chi connectivity index (χ0) is 23.2. The molecule has 1 aliphatic rings. The molecule has 0 saturated carbocycles. The number of ketones is 1. The second-order valence-electron chi connectivity index (χ2n) is 7.10. The summed E-state index contributed by atoms with van der Waals surface area (Å²) in [6, 6.07) is 6.29. The average molecular weight is 435 g/mol. The summed E-state index contributed by atoms with van der Waals surface area (Å²) in [6.07, 6.45) is -1.23. The molecule has 1 aliphatic heterocycles. The molecule has 31 heavy (non-hydrogen) atoms. The van der Waals surface area contributed by atoms with E-state index in [0.717, 1.165) is 29.1 Å². The van der Waals surface area contributed by atoms with E-state index in [9.17, 15) is 18.0 Å². The van der Waals surface area contributed by atoms with Crippen LogP contribution in [0.4, 0.5) is 30.5 Å². The van der Waals surface area contributed by atoms with Crippen LogP contribution >= 0.6 is 0 Å². The van der Waals surface area contributed by atoms with Crippen LogP contribution in [0.2, 0.25) is 0 Å². The van der Waals surface area contributed by atoms with Gasteiger partial charge in [0.2, 0.25) is 5.95 Å². The number of halogens is 3. The van der Waals surface area contributed by atoms with Gasteiger partial charge in [-0.2, -0.15) is 13.2 Å². The summed E-state index contributed by atoms with van der Waals surface area (Å²) >= 11 is 0. The van der Waals surface area contributed by atoms with E-state index in [2.05, 4.69) is 20.2 Å². The second kappa shape index (κ2) is 10.3. The minimum atomic E-state index is -4.53. The molecule has 0 amide bonds. The van der Waals surface area contributed by atoms with Crippen LogP contribution in [0.1, 0.15) is 31.5 Å². The van der Waals surface area contributed by atoms with E-state index in [4.69, 9.17) is 0 Å². The van der Waals surface area contributed by atoms with Crippen molar-refractivity contribution in [3.05, 3.63) is 53.5 Å². The first-order valence-corrected chi connectivity index (χ1v) is 10.1. The zero-order valence-corrected chi connectivity index (χ0v) is 18.4. The summed E-state index contributed by atoms with van der Waals surface area (Å²) in [4.78, 5) is 23.5. The van der Waals surface area contributed by atoms with Crippen LogP contribution in [0, 0.1) is 6.92 Å². The molecule has 0 bridgehead atoms. The number of aromatic nitrogens is 2. The Bertz CT molecular complexity index is 941. The minimum absolute atomic E-state index is 0.124. The largest absolute Gasteiger partial charge is 0.433 e. The number of Topliss-reactive ketones (excluding diaryl/α,β-unsaturated/α-hetero) is 1. The van der Waals surface area contributed by atoms with Gasteiger partial charge in [-0.1, -0.05) is 19.9 Å². The van der Waals surface area contributed by atoms with Gasteiger partial charge in [-0.15, -0.1) is 0 Å². The van der Waals surface area contributed by atoms with Gasteiger partial charge in [-0.25, -0.2) is 9.97 Å². The lowest BCUT2D eigenvalue weighted by atomic mass is 10.0. The molecule has 0 atom stereocenters. The van der Waals surface area contributed by atoms with E-state index < -0.39 is 11.9 Å². The lowest BCUT2D eigenvalue weighted by Crippen LogP contribution is -2.36. The van der Waals surface area contributed by atoms with Crippen LogP contribution in [0.15, 0.2) is 42.2 Å². The van der Waals surface area contributed by atoms with E-state index in [0.29, 0.717) is 25.2 Å². The Balaban J connectivity index is 0.00000166. The SMILES string of the molecule is CC.Cc1ccc(Nc2nccc(C(F)(F)F)n2)cc1N1CCC(=O)/C(=C\N(C)C)C1. The molecule has 0 unspecified atom stereocenters. The van der Waals surface area contributed by atoms with Gasteiger partial charge in [0.15, 0.2) is 5.78 Å². The Morgan fingerprint density at radius 3 is 2.55 bits per heavy atom. The first-order valence-electron chi connectivity index (χ1n) is 10.1. The highest BCUT2D eigenvalue weighted by molar-refractivity contribution is 5.97. The van der Waals surface area contributed by atoms with Crippen LogP contribution in [-0.2, 0) is 11.0 Å². The van der Waals surface area contributed by atoms with Crippen molar-refractivity contribution >= 4 is 23.1 Å². The highest BCUT2D eigenvalue weighted by Gasteiger charge is 2.32. The van der Waals surface area contributed by atoms with Crippen LogP contribution in [0.5, 0.6) is 0 Å². The summed E-state index contributed by atoms with van der Waals surface area (Å²) in [5.74, 6) is -0.00380. The lowest BCUT2D eigenvalue weighted by molar-refractivity contribution is -0.141. The van der Waals surface area contributed by atoms with Gasteiger partial charge in [-0.05, 0) is 30.7 Å². The number of alkyl halides is 3. The van der Waals surface area contributed by atoms with Crippen molar-refractivity contribution < 1.29 is 18.0 Å². The smallest absolute Gasteiger partial charge is 0.383 e. The van der Waals surface area contributed by atoms with Crippen molar-refractivity contribution in [1.29, 1.82) is 0 Å². The molecule has 168 valence electrons. The molecule has 9 heteroatoms. The summed E-state index contributed by atoms with van der Waals surface area (Å²) in [5, 5.41) is 2.84. The van der Waals surface area contributed by atoms with E-state index in [-0.39, 0.29) is 11.7 Å². The van der Waals surface area contributed by atoms with Gasteiger partial charge < -0.3 is 15.1 Å². The molecule has 1 aromatic carbocycles. The van der Waals surface area contributed by atoms with E-state index in [1.165, 1.54) is 0 Å². The zero-order valence-electron chi connectivity index (χ0n) is 18.4. The predicted molar refractivity (Wildman–Crippen MR) is 116 cm³/mol. The molecule has 1 aromatic heterocycles. The monoisotopic (exact) mass is 435 g/mol. The van der Waals surface area contributed by atoms with Crippen molar-refractivity contribution in [1.82, 2.24) is 14.9 Å². The Morgan fingerprint density at radius 1 is 1.19 bits per heavy atom. The predicted octanol–water partition coefficient (Wildman–Crippen LogP) is 4.80. The average Bonchev–Trinajstić information content (AvgIpc) is 2.72. The van der Waals surface area contributed by atoms with E-state index in [1.807, 2.05) is 58.1 Å². The third-order valence-electron chi connectivity index (χ3n) is 4.49. The number of hydrogen-bond donors (Lipinski definition) is 1. The van der Waals surface area contributed by atoms with Crippen LogP contribution in [-0.4, -0.2) is 47.8 Å². The van der Waals surface area contributed by atoms with Crippen LogP contribution in [0.3, 0.4) is 0 Å². The number of nitrogens with one attached hydrogen (secondary N) is 1. The Morgan fingerprint density at radius 2 is 1.90 bits per heavy atom. The number of hydrogen-bond acceptors (Lipinski definition) is 6. The molecule has 1 fully saturated rings. The Labute approximate surface area is 180 Å². The van der Waals surface area contributed by atoms with Crippen molar-refractivity contribution in [2.24, 2.45) is 0 Å². The summed E-state index contributed by atoms with van der Waals surface area (Å²) < 4.78 is 38.6. The number of rotatable bonds is 4. The maximum atomic E-state index is 12.9. The molecule has 0 radical (unpaired) electrons. The van der Waals surface area contributed by atoms with E-state index >= 15 is 0 Å². The highest BCUT2D eigenvalue weighted by Crippen LogP contribution is 2.30. The van der Waals surface area contributed by atoms with Crippen molar-refractivity contribution in [3.8, 4) is 0 Å². The van der Waals surface area contributed by atoms with E-state index in [1.54, 1.807) is 6.07 Å². The summed E-state index contributed by atoms with van der Waals surface area (Å²) in [7, 11) is 3.73. The number of anilines is 3. The maximum Gasteiger partial charge on any atom is 0.433 e. The molecule has 6 nitrogen and oxygen atoms in total. The second-order valence-corrected chi connectivity index (χ2v) is 7.10. The van der Waals surface area contributed by atoms with Gasteiger partial charge in [-0.3, -0.25) is 4.79 Å². The minimum Gasteiger partial charge on any atom is -0.383 e. The molecular weight excluding hydrogens is 407 g/mol. The van der Waals surface area contributed by atoms with Gasteiger partial charge >= 0.3 is 6.18 Å². The van der Waals surface area contributed by atoms with Gasteiger partial charge in [0.25, 0.3) is 0 Å². The number of carbonyl (C=O) groups excluding carboxylic acids is 1. The number of piperidine rings is 1. The number of nitrogens with zero attached hydrogens (tertiary/aromatic N) is 4. The molecule has 2 heterocycles. The molecule has 0 aliphatic carbocycles. The van der Waals surface area contributed by atoms with Gasteiger partial charge in [0.05, 0.1) is 0 Å². The first-order chi connectivity index (χ1) is 14.6. The third kappa shape index (κ3) is 6.44. The summed E-state index contributed by atoms with van der Waals surface area (Å²) in [5.41, 5.74) is 2.19. The van der Waals surface area contributed by atoms with Gasteiger partial charge in [0, 0.05) is 63.0 Å². The Kier molecular flexibility index (Phi) is 8.01. The van der Waals surface area contributed by atoms with Gasteiger partial charge in [0.1, 0.15) is 5.69 Å². The maximum absolute atomic E-state index is 12.9. The third-order valence-corrected chi connectivity index (χ3v) is 4.49. The fourth-order valence-corrected chi connectivity index (χ4v) is 3.13. The number of benzene rings is 1. The quantitative estimate of drug-likeness (QED) is 0.697. The lowest BCUT2D eigenvalue weighted by Gasteiger charge is -2.32. The molecule has 0 spiro atoms. The van der Waals surface area contributed by atoms with Crippen molar-refractivity contribution in [2.45, 2.75) is 33.4 Å².